The number of amides is 2. The van der Waals surface area contributed by atoms with Gasteiger partial charge in [0.2, 0.25) is 5.91 Å². The molecular formula is C15H23N3O3. The first-order chi connectivity index (χ1) is 9.76. The summed E-state index contributed by atoms with van der Waals surface area (Å²) in [6.07, 6.45) is -0.193. The number of primary amides is 1. The van der Waals surface area contributed by atoms with Crippen LogP contribution in [-0.4, -0.2) is 30.7 Å². The number of anilines is 1. The molecule has 0 saturated carbocycles. The summed E-state index contributed by atoms with van der Waals surface area (Å²) < 4.78 is 5.12. The number of nitrogens with one attached hydrogen (secondary N) is 2. The van der Waals surface area contributed by atoms with Gasteiger partial charge in [0.1, 0.15) is 5.60 Å². The molecule has 0 aromatic heterocycles. The maximum absolute atomic E-state index is 11.4. The van der Waals surface area contributed by atoms with Gasteiger partial charge in [-0.05, 0) is 38.5 Å². The molecule has 0 atom stereocenters. The average molecular weight is 293 g/mol. The fourth-order valence-electron chi connectivity index (χ4n) is 1.63. The lowest BCUT2D eigenvalue weighted by molar-refractivity contribution is -0.117. The van der Waals surface area contributed by atoms with Crippen LogP contribution >= 0.6 is 0 Å². The molecule has 21 heavy (non-hydrogen) atoms. The van der Waals surface area contributed by atoms with Crippen LogP contribution in [-0.2, 0) is 16.0 Å². The summed E-state index contributed by atoms with van der Waals surface area (Å²) >= 11 is 0. The number of ether oxygens (including phenoxy) is 1. The van der Waals surface area contributed by atoms with E-state index in [0.29, 0.717) is 13.1 Å². The van der Waals surface area contributed by atoms with Crippen molar-refractivity contribution in [1.29, 1.82) is 0 Å². The molecule has 0 unspecified atom stereocenters. The van der Waals surface area contributed by atoms with Crippen molar-refractivity contribution in [2.45, 2.75) is 32.8 Å². The number of carbonyl (C=O) groups is 2. The fraction of sp³-hybridized carbons (Fsp3) is 0.467. The molecule has 0 aliphatic heterocycles. The summed E-state index contributed by atoms with van der Waals surface area (Å²) in [6.45, 7) is 6.49. The normalized spacial score (nSPS) is 10.8. The predicted molar refractivity (Wildman–Crippen MR) is 82.1 cm³/mol. The van der Waals surface area contributed by atoms with Gasteiger partial charge in [-0.25, -0.2) is 4.79 Å². The summed E-state index contributed by atoms with van der Waals surface area (Å²) in [5, 5.41) is 5.82. The molecule has 0 aliphatic carbocycles. The zero-order valence-electron chi connectivity index (χ0n) is 12.7. The smallest absolute Gasteiger partial charge is 0.407 e. The Morgan fingerprint density at radius 1 is 1.14 bits per heavy atom. The van der Waals surface area contributed by atoms with Crippen LogP contribution in [0.25, 0.3) is 0 Å². The van der Waals surface area contributed by atoms with Crippen LogP contribution < -0.4 is 16.4 Å². The second-order valence-electron chi connectivity index (χ2n) is 5.70. The first kappa shape index (κ1) is 16.8. The van der Waals surface area contributed by atoms with Gasteiger partial charge >= 0.3 is 6.09 Å². The average Bonchev–Trinajstić information content (AvgIpc) is 2.34. The quantitative estimate of drug-likeness (QED) is 0.695. The summed E-state index contributed by atoms with van der Waals surface area (Å²) in [5.41, 5.74) is 6.42. The minimum absolute atomic E-state index is 0.237. The minimum Gasteiger partial charge on any atom is -0.444 e. The number of benzene rings is 1. The lowest BCUT2D eigenvalue weighted by Gasteiger charge is -2.19. The van der Waals surface area contributed by atoms with Crippen LogP contribution in [0.1, 0.15) is 26.3 Å². The van der Waals surface area contributed by atoms with E-state index in [-0.39, 0.29) is 12.3 Å². The van der Waals surface area contributed by atoms with Crippen molar-refractivity contribution in [3.8, 4) is 0 Å². The number of carbonyl (C=O) groups excluding carboxylic acids is 2. The third-order valence-electron chi connectivity index (χ3n) is 2.45. The van der Waals surface area contributed by atoms with Gasteiger partial charge in [-0.1, -0.05) is 12.1 Å². The molecule has 2 amide bonds. The zero-order chi connectivity index (χ0) is 15.9. The second-order valence-corrected chi connectivity index (χ2v) is 5.70. The molecule has 116 valence electrons. The van der Waals surface area contributed by atoms with Gasteiger partial charge < -0.3 is 21.1 Å². The molecule has 0 saturated heterocycles. The van der Waals surface area contributed by atoms with E-state index in [1.165, 1.54) is 0 Å². The third kappa shape index (κ3) is 7.81. The highest BCUT2D eigenvalue weighted by Gasteiger charge is 2.15. The van der Waals surface area contributed by atoms with Gasteiger partial charge in [0, 0.05) is 18.8 Å². The van der Waals surface area contributed by atoms with Gasteiger partial charge in [0.05, 0.1) is 6.42 Å². The van der Waals surface area contributed by atoms with Gasteiger partial charge in [-0.3, -0.25) is 4.79 Å². The summed E-state index contributed by atoms with van der Waals surface area (Å²) in [4.78, 5) is 22.2. The Hall–Kier alpha value is -2.24. The Morgan fingerprint density at radius 2 is 1.76 bits per heavy atom. The maximum atomic E-state index is 11.4. The molecular weight excluding hydrogens is 270 g/mol. The van der Waals surface area contributed by atoms with Crippen molar-refractivity contribution in [1.82, 2.24) is 5.32 Å². The number of hydrogen-bond acceptors (Lipinski definition) is 4. The van der Waals surface area contributed by atoms with E-state index in [9.17, 15) is 9.59 Å². The minimum atomic E-state index is -0.492. The van der Waals surface area contributed by atoms with Gasteiger partial charge in [0.25, 0.3) is 0 Å². The van der Waals surface area contributed by atoms with E-state index in [1.54, 1.807) is 0 Å². The van der Waals surface area contributed by atoms with Crippen LogP contribution in [0.2, 0.25) is 0 Å². The second kappa shape index (κ2) is 7.52. The number of nitrogens with two attached hydrogens (primary N) is 1. The molecule has 6 nitrogen and oxygen atoms in total. The standard InChI is InChI=1S/C15H23N3O3/c1-15(2,3)21-14(20)18-9-8-17-12-6-4-11(5-7-12)10-13(16)19/h4-7,17H,8-10H2,1-3H3,(H2,16,19)(H,18,20). The first-order valence-electron chi connectivity index (χ1n) is 6.84. The molecule has 1 aromatic rings. The van der Waals surface area contributed by atoms with E-state index in [1.807, 2.05) is 45.0 Å². The summed E-state index contributed by atoms with van der Waals surface area (Å²) in [6, 6.07) is 7.42. The highest BCUT2D eigenvalue weighted by molar-refractivity contribution is 5.76. The molecule has 0 fully saturated rings. The summed E-state index contributed by atoms with van der Waals surface area (Å²) in [7, 11) is 0. The molecule has 0 radical (unpaired) electrons. The number of hydrogen-bond donors (Lipinski definition) is 3. The van der Waals surface area contributed by atoms with Gasteiger partial charge in [-0.2, -0.15) is 0 Å². The molecule has 1 rings (SSSR count). The van der Waals surface area contributed by atoms with Crippen molar-refractivity contribution in [2.24, 2.45) is 5.73 Å². The van der Waals surface area contributed by atoms with Crippen LogP contribution in [0.4, 0.5) is 10.5 Å². The lowest BCUT2D eigenvalue weighted by atomic mass is 10.1. The largest absolute Gasteiger partial charge is 0.444 e. The first-order valence-corrected chi connectivity index (χ1v) is 6.84. The van der Waals surface area contributed by atoms with Crippen LogP contribution in [0.3, 0.4) is 0 Å². The zero-order valence-corrected chi connectivity index (χ0v) is 12.7. The van der Waals surface area contributed by atoms with E-state index in [2.05, 4.69) is 10.6 Å². The van der Waals surface area contributed by atoms with E-state index in [0.717, 1.165) is 11.3 Å². The van der Waals surface area contributed by atoms with E-state index in [4.69, 9.17) is 10.5 Å². The van der Waals surface area contributed by atoms with Crippen LogP contribution in [0.15, 0.2) is 24.3 Å². The fourth-order valence-corrected chi connectivity index (χ4v) is 1.63. The third-order valence-corrected chi connectivity index (χ3v) is 2.45. The highest BCUT2D eigenvalue weighted by Crippen LogP contribution is 2.09. The van der Waals surface area contributed by atoms with Crippen LogP contribution in [0.5, 0.6) is 0 Å². The van der Waals surface area contributed by atoms with Crippen molar-refractivity contribution in [2.75, 3.05) is 18.4 Å². The Morgan fingerprint density at radius 3 is 2.29 bits per heavy atom. The maximum Gasteiger partial charge on any atom is 0.407 e. The highest BCUT2D eigenvalue weighted by atomic mass is 16.6. The number of rotatable bonds is 6. The molecule has 1 aromatic carbocycles. The van der Waals surface area contributed by atoms with Crippen LogP contribution in [0, 0.1) is 0 Å². The van der Waals surface area contributed by atoms with Crippen molar-refractivity contribution < 1.29 is 14.3 Å². The predicted octanol–water partition coefficient (Wildman–Crippen LogP) is 1.65. The van der Waals surface area contributed by atoms with Gasteiger partial charge in [0.15, 0.2) is 0 Å². The molecule has 0 spiro atoms. The lowest BCUT2D eigenvalue weighted by Crippen LogP contribution is -2.34. The Kier molecular flexibility index (Phi) is 6.02. The summed E-state index contributed by atoms with van der Waals surface area (Å²) in [5.74, 6) is -0.350. The molecule has 6 heteroatoms. The molecule has 0 heterocycles. The van der Waals surface area contributed by atoms with E-state index < -0.39 is 11.7 Å². The van der Waals surface area contributed by atoms with Crippen molar-refractivity contribution >= 4 is 17.7 Å². The molecule has 4 N–H and O–H groups in total. The molecule has 0 bridgehead atoms. The Labute approximate surface area is 125 Å². The van der Waals surface area contributed by atoms with Crippen molar-refractivity contribution in [3.63, 3.8) is 0 Å². The topological polar surface area (TPSA) is 93.4 Å². The van der Waals surface area contributed by atoms with E-state index >= 15 is 0 Å². The Bertz CT molecular complexity index is 478. The monoisotopic (exact) mass is 293 g/mol. The SMILES string of the molecule is CC(C)(C)OC(=O)NCCNc1ccc(CC(N)=O)cc1. The number of alkyl carbamates (subject to hydrolysis) is 1. The molecule has 0 aliphatic rings. The van der Waals surface area contributed by atoms with Gasteiger partial charge in [-0.15, -0.1) is 0 Å². The Balaban J connectivity index is 2.27. The van der Waals surface area contributed by atoms with Crippen molar-refractivity contribution in [3.05, 3.63) is 29.8 Å².